The van der Waals surface area contributed by atoms with Crippen molar-refractivity contribution in [1.82, 2.24) is 5.32 Å². The van der Waals surface area contributed by atoms with Crippen molar-refractivity contribution in [1.29, 1.82) is 0 Å². The minimum Gasteiger partial charge on any atom is -0.481 e. The molecule has 114 valence electrons. The topological polar surface area (TPSA) is 66.4 Å². The van der Waals surface area contributed by atoms with Crippen molar-refractivity contribution in [3.63, 3.8) is 0 Å². The lowest BCUT2D eigenvalue weighted by atomic mass is 10.1. The fraction of sp³-hybridized carbons (Fsp3) is 0.467. The standard InChI is InChI=1S/C15H18ClNO3S/c1-9(21-13-6-3-11(16)4-7-13)14(18)17-12-5-2-10(8-12)15(19)20/h3-4,6-7,9-10,12H,2,5,8H2,1H3,(H,17,18)(H,19,20). The number of rotatable bonds is 5. The highest BCUT2D eigenvalue weighted by atomic mass is 35.5. The molecule has 1 aromatic rings. The maximum atomic E-state index is 12.1. The highest BCUT2D eigenvalue weighted by Gasteiger charge is 2.31. The summed E-state index contributed by atoms with van der Waals surface area (Å²) in [5.41, 5.74) is 0. The Morgan fingerprint density at radius 3 is 2.57 bits per heavy atom. The summed E-state index contributed by atoms with van der Waals surface area (Å²) >= 11 is 7.29. The van der Waals surface area contributed by atoms with Crippen LogP contribution in [-0.2, 0) is 9.59 Å². The van der Waals surface area contributed by atoms with Crippen molar-refractivity contribution in [3.05, 3.63) is 29.3 Å². The molecule has 1 fully saturated rings. The van der Waals surface area contributed by atoms with E-state index in [4.69, 9.17) is 16.7 Å². The monoisotopic (exact) mass is 327 g/mol. The van der Waals surface area contributed by atoms with Crippen LogP contribution in [0.5, 0.6) is 0 Å². The van der Waals surface area contributed by atoms with Gasteiger partial charge in [0.05, 0.1) is 11.2 Å². The van der Waals surface area contributed by atoms with Crippen molar-refractivity contribution < 1.29 is 14.7 Å². The predicted molar refractivity (Wildman–Crippen MR) is 83.7 cm³/mol. The third-order valence-corrected chi connectivity index (χ3v) is 4.99. The quantitative estimate of drug-likeness (QED) is 0.815. The molecule has 4 nitrogen and oxygen atoms in total. The normalized spacial score (nSPS) is 22.8. The summed E-state index contributed by atoms with van der Waals surface area (Å²) in [6, 6.07) is 7.33. The van der Waals surface area contributed by atoms with Crippen molar-refractivity contribution in [3.8, 4) is 0 Å². The number of amides is 1. The number of halogens is 1. The van der Waals surface area contributed by atoms with E-state index in [2.05, 4.69) is 5.32 Å². The zero-order valence-electron chi connectivity index (χ0n) is 11.7. The number of hydrogen-bond acceptors (Lipinski definition) is 3. The molecule has 1 saturated carbocycles. The SMILES string of the molecule is CC(Sc1ccc(Cl)cc1)C(=O)NC1CCC(C(=O)O)C1. The maximum Gasteiger partial charge on any atom is 0.306 e. The van der Waals surface area contributed by atoms with E-state index in [1.54, 1.807) is 12.1 Å². The van der Waals surface area contributed by atoms with Gasteiger partial charge in [-0.1, -0.05) is 11.6 Å². The van der Waals surface area contributed by atoms with E-state index < -0.39 is 5.97 Å². The van der Waals surface area contributed by atoms with Gasteiger partial charge in [-0.25, -0.2) is 0 Å². The van der Waals surface area contributed by atoms with Crippen LogP contribution in [0.3, 0.4) is 0 Å². The molecule has 2 N–H and O–H groups in total. The van der Waals surface area contributed by atoms with Gasteiger partial charge in [0.15, 0.2) is 0 Å². The largest absolute Gasteiger partial charge is 0.481 e. The summed E-state index contributed by atoms with van der Waals surface area (Å²) in [7, 11) is 0. The van der Waals surface area contributed by atoms with E-state index in [1.807, 2.05) is 19.1 Å². The molecule has 0 saturated heterocycles. The number of thioether (sulfide) groups is 1. The molecular weight excluding hydrogens is 310 g/mol. The second kappa shape index (κ2) is 7.18. The first-order valence-electron chi connectivity index (χ1n) is 6.91. The first kappa shape index (κ1) is 16.2. The summed E-state index contributed by atoms with van der Waals surface area (Å²) < 4.78 is 0. The Hall–Kier alpha value is -1.20. The third kappa shape index (κ3) is 4.64. The van der Waals surface area contributed by atoms with Gasteiger partial charge in [-0.15, -0.1) is 11.8 Å². The lowest BCUT2D eigenvalue weighted by molar-refractivity contribution is -0.141. The second-order valence-corrected chi connectivity index (χ2v) is 7.12. The van der Waals surface area contributed by atoms with Crippen LogP contribution in [0, 0.1) is 5.92 Å². The molecule has 0 aliphatic heterocycles. The highest BCUT2D eigenvalue weighted by molar-refractivity contribution is 8.00. The summed E-state index contributed by atoms with van der Waals surface area (Å²) in [5.74, 6) is -1.14. The molecule has 1 aromatic carbocycles. The molecule has 21 heavy (non-hydrogen) atoms. The average Bonchev–Trinajstić information content (AvgIpc) is 2.90. The van der Waals surface area contributed by atoms with Crippen molar-refractivity contribution in [2.45, 2.75) is 42.4 Å². The van der Waals surface area contributed by atoms with Crippen LogP contribution in [0.1, 0.15) is 26.2 Å². The number of carbonyl (C=O) groups is 2. The molecule has 0 spiro atoms. The van der Waals surface area contributed by atoms with Gasteiger partial charge in [-0.05, 0) is 50.5 Å². The Balaban J connectivity index is 1.83. The van der Waals surface area contributed by atoms with Gasteiger partial charge in [0.1, 0.15) is 0 Å². The van der Waals surface area contributed by atoms with Crippen LogP contribution in [0.25, 0.3) is 0 Å². The number of carboxylic acid groups (broad SMARTS) is 1. The molecule has 1 amide bonds. The first-order chi connectivity index (χ1) is 9.95. The predicted octanol–water partition coefficient (Wildman–Crippen LogP) is 3.19. The van der Waals surface area contributed by atoms with Gasteiger partial charge < -0.3 is 10.4 Å². The van der Waals surface area contributed by atoms with Crippen LogP contribution in [0.2, 0.25) is 5.02 Å². The van der Waals surface area contributed by atoms with Crippen LogP contribution < -0.4 is 5.32 Å². The maximum absolute atomic E-state index is 12.1. The van der Waals surface area contributed by atoms with Gasteiger partial charge in [-0.2, -0.15) is 0 Å². The molecule has 0 aromatic heterocycles. The molecule has 6 heteroatoms. The lowest BCUT2D eigenvalue weighted by Gasteiger charge is -2.16. The lowest BCUT2D eigenvalue weighted by Crippen LogP contribution is -2.38. The molecule has 3 unspecified atom stereocenters. The van der Waals surface area contributed by atoms with E-state index in [9.17, 15) is 9.59 Å². The van der Waals surface area contributed by atoms with Crippen LogP contribution in [0.4, 0.5) is 0 Å². The van der Waals surface area contributed by atoms with E-state index >= 15 is 0 Å². The van der Waals surface area contributed by atoms with E-state index in [-0.39, 0.29) is 23.1 Å². The molecule has 0 bridgehead atoms. The van der Waals surface area contributed by atoms with Crippen molar-refractivity contribution >= 4 is 35.2 Å². The molecular formula is C15H18ClNO3S. The van der Waals surface area contributed by atoms with E-state index in [0.717, 1.165) is 11.3 Å². The summed E-state index contributed by atoms with van der Waals surface area (Å²) in [4.78, 5) is 24.0. The number of carboxylic acids is 1. The Kier molecular flexibility index (Phi) is 5.53. The minimum absolute atomic E-state index is 0.0214. The molecule has 0 radical (unpaired) electrons. The number of benzene rings is 1. The number of nitrogens with one attached hydrogen (secondary N) is 1. The molecule has 0 heterocycles. The highest BCUT2D eigenvalue weighted by Crippen LogP contribution is 2.28. The summed E-state index contributed by atoms with van der Waals surface area (Å²) in [5, 5.41) is 12.4. The van der Waals surface area contributed by atoms with Crippen LogP contribution >= 0.6 is 23.4 Å². The van der Waals surface area contributed by atoms with Gasteiger partial charge in [0.2, 0.25) is 5.91 Å². The van der Waals surface area contributed by atoms with Crippen molar-refractivity contribution in [2.75, 3.05) is 0 Å². The summed E-state index contributed by atoms with van der Waals surface area (Å²) in [6.45, 7) is 1.85. The Bertz CT molecular complexity index is 520. The zero-order chi connectivity index (χ0) is 15.4. The minimum atomic E-state index is -0.768. The zero-order valence-corrected chi connectivity index (χ0v) is 13.3. The average molecular weight is 328 g/mol. The van der Waals surface area contributed by atoms with Crippen LogP contribution in [0.15, 0.2) is 29.2 Å². The fourth-order valence-electron chi connectivity index (χ4n) is 2.43. The molecule has 1 aliphatic rings. The molecule has 3 atom stereocenters. The third-order valence-electron chi connectivity index (χ3n) is 3.62. The van der Waals surface area contributed by atoms with Gasteiger partial charge in [0, 0.05) is 16.0 Å². The van der Waals surface area contributed by atoms with E-state index in [0.29, 0.717) is 17.9 Å². The number of aliphatic carboxylic acids is 1. The van der Waals surface area contributed by atoms with Crippen molar-refractivity contribution in [2.24, 2.45) is 5.92 Å². The van der Waals surface area contributed by atoms with Gasteiger partial charge in [-0.3, -0.25) is 9.59 Å². The fourth-order valence-corrected chi connectivity index (χ4v) is 3.43. The Morgan fingerprint density at radius 2 is 2.00 bits per heavy atom. The van der Waals surface area contributed by atoms with Gasteiger partial charge in [0.25, 0.3) is 0 Å². The van der Waals surface area contributed by atoms with Gasteiger partial charge >= 0.3 is 5.97 Å². The van der Waals surface area contributed by atoms with E-state index in [1.165, 1.54) is 11.8 Å². The smallest absolute Gasteiger partial charge is 0.306 e. The number of carbonyl (C=O) groups excluding carboxylic acids is 1. The molecule has 1 aliphatic carbocycles. The number of hydrogen-bond donors (Lipinski definition) is 2. The summed E-state index contributed by atoms with van der Waals surface area (Å²) in [6.07, 6.45) is 1.90. The Labute approximate surface area is 133 Å². The molecule has 2 rings (SSSR count). The first-order valence-corrected chi connectivity index (χ1v) is 8.17. The second-order valence-electron chi connectivity index (χ2n) is 5.27. The van der Waals surface area contributed by atoms with Crippen LogP contribution in [-0.4, -0.2) is 28.3 Å². The Morgan fingerprint density at radius 1 is 1.33 bits per heavy atom.